The van der Waals surface area contributed by atoms with Gasteiger partial charge < -0.3 is 14.7 Å². The molecule has 0 saturated carbocycles. The van der Waals surface area contributed by atoms with E-state index in [-0.39, 0.29) is 18.1 Å². The predicted octanol–water partition coefficient (Wildman–Crippen LogP) is 5.33. The number of aliphatic imine (C=N–C) groups is 1. The summed E-state index contributed by atoms with van der Waals surface area (Å²) in [6, 6.07) is 17.9. The van der Waals surface area contributed by atoms with Crippen molar-refractivity contribution in [1.29, 1.82) is 0 Å². The van der Waals surface area contributed by atoms with E-state index in [4.69, 9.17) is 4.74 Å². The Labute approximate surface area is 215 Å². The summed E-state index contributed by atoms with van der Waals surface area (Å²) in [5, 5.41) is 10.6. The van der Waals surface area contributed by atoms with Gasteiger partial charge in [0.2, 0.25) is 0 Å². The number of carbonyl (C=O) groups excluding carboxylic acids is 1. The van der Waals surface area contributed by atoms with Crippen LogP contribution in [0.5, 0.6) is 0 Å². The van der Waals surface area contributed by atoms with Gasteiger partial charge >= 0.3 is 6.09 Å². The Morgan fingerprint density at radius 3 is 2.44 bits per heavy atom. The largest absolute Gasteiger partial charge is 0.465 e. The summed E-state index contributed by atoms with van der Waals surface area (Å²) in [4.78, 5) is 33.7. The minimum absolute atomic E-state index is 0.105. The number of carbonyl (C=O) groups is 2. The first-order valence-electron chi connectivity index (χ1n) is 12.3. The summed E-state index contributed by atoms with van der Waals surface area (Å²) >= 11 is 1.35. The minimum atomic E-state index is -1.02. The lowest BCUT2D eigenvalue weighted by Crippen LogP contribution is -2.45. The van der Waals surface area contributed by atoms with Crippen LogP contribution in [0.3, 0.4) is 0 Å². The van der Waals surface area contributed by atoms with Crippen molar-refractivity contribution in [3.63, 3.8) is 0 Å². The third-order valence-corrected chi connectivity index (χ3v) is 8.35. The molecule has 3 heterocycles. The zero-order chi connectivity index (χ0) is 25.5. The molecule has 36 heavy (non-hydrogen) atoms. The number of benzene rings is 2. The molecule has 7 nitrogen and oxygen atoms in total. The van der Waals surface area contributed by atoms with E-state index in [0.29, 0.717) is 22.3 Å². The molecule has 1 spiro atoms. The van der Waals surface area contributed by atoms with E-state index in [9.17, 15) is 14.7 Å². The number of thioether (sulfide) groups is 1. The zero-order valence-corrected chi connectivity index (χ0v) is 21.7. The van der Waals surface area contributed by atoms with Gasteiger partial charge in [-0.25, -0.2) is 4.79 Å². The smallest absolute Gasteiger partial charge is 0.408 e. The molecule has 2 aromatic carbocycles. The topological polar surface area (TPSA) is 82.4 Å². The lowest BCUT2D eigenvalue weighted by molar-refractivity contribution is -0.113. The first-order valence-corrected chi connectivity index (χ1v) is 13.1. The number of piperidine rings is 1. The van der Waals surface area contributed by atoms with E-state index in [1.807, 2.05) is 51.1 Å². The fraction of sp³-hybridized carbons (Fsp3) is 0.393. The van der Waals surface area contributed by atoms with Crippen LogP contribution in [0.25, 0.3) is 5.57 Å². The maximum absolute atomic E-state index is 13.2. The third kappa shape index (κ3) is 4.55. The van der Waals surface area contributed by atoms with Crippen LogP contribution >= 0.6 is 11.8 Å². The van der Waals surface area contributed by atoms with Crippen LogP contribution in [0, 0.1) is 0 Å². The van der Waals surface area contributed by atoms with Crippen molar-refractivity contribution in [3.05, 3.63) is 76.2 Å². The highest BCUT2D eigenvalue weighted by molar-refractivity contribution is 8.18. The van der Waals surface area contributed by atoms with E-state index in [1.165, 1.54) is 27.8 Å². The number of nitrogens with zero attached hydrogens (tertiary/aromatic N) is 3. The number of rotatable bonds is 3. The Balaban J connectivity index is 1.39. The van der Waals surface area contributed by atoms with E-state index in [0.717, 1.165) is 31.5 Å². The van der Waals surface area contributed by atoms with Crippen molar-refractivity contribution in [2.75, 3.05) is 19.6 Å². The average Bonchev–Trinajstić information content (AvgIpc) is 3.41. The molecule has 0 radical (unpaired) electrons. The van der Waals surface area contributed by atoms with Crippen molar-refractivity contribution < 1.29 is 19.4 Å². The maximum Gasteiger partial charge on any atom is 0.408 e. The first-order chi connectivity index (χ1) is 17.2. The van der Waals surface area contributed by atoms with Crippen LogP contribution in [0.1, 0.15) is 50.3 Å². The molecule has 1 saturated heterocycles. The summed E-state index contributed by atoms with van der Waals surface area (Å²) in [5.74, 6) is -0.309. The van der Waals surface area contributed by atoms with Gasteiger partial charge in [0.1, 0.15) is 0 Å². The molecule has 5 rings (SSSR count). The summed E-state index contributed by atoms with van der Waals surface area (Å²) in [6.07, 6.45) is 0.643. The van der Waals surface area contributed by atoms with Gasteiger partial charge in [0, 0.05) is 18.6 Å². The standard InChI is InChI=1S/C28H31N3O4S/c1-27(2,3)31(26(33)34)17-21(19-9-5-4-6-10-19)23-24(32)29-25(36-23)30-15-13-28(14-16-30)22-12-8-7-11-20(22)18-35-28/h4-12H,13-18H2,1-3H3,(H,33,34)/b23-21+. The van der Waals surface area contributed by atoms with Crippen LogP contribution < -0.4 is 0 Å². The molecule has 0 unspecified atom stereocenters. The number of amides is 2. The van der Waals surface area contributed by atoms with Crippen molar-refractivity contribution in [2.24, 2.45) is 4.99 Å². The first kappa shape index (κ1) is 24.6. The Morgan fingerprint density at radius 2 is 1.78 bits per heavy atom. The van der Waals surface area contributed by atoms with E-state index in [1.54, 1.807) is 0 Å². The second-order valence-electron chi connectivity index (χ2n) is 10.4. The van der Waals surface area contributed by atoms with Gasteiger partial charge in [-0.15, -0.1) is 0 Å². The lowest BCUT2D eigenvalue weighted by Gasteiger charge is -2.39. The minimum Gasteiger partial charge on any atom is -0.465 e. The second-order valence-corrected chi connectivity index (χ2v) is 11.4. The molecule has 2 aromatic rings. The van der Waals surface area contributed by atoms with Gasteiger partial charge in [0.25, 0.3) is 5.91 Å². The SMILES string of the molecule is CC(C)(C)N(C/C(=C1\SC(N2CCC3(CC2)OCc2ccccc23)=NC1=O)c1ccccc1)C(=O)O. The highest BCUT2D eigenvalue weighted by Gasteiger charge is 2.44. The fourth-order valence-corrected chi connectivity index (χ4v) is 6.22. The second kappa shape index (κ2) is 9.41. The van der Waals surface area contributed by atoms with E-state index in [2.05, 4.69) is 34.2 Å². The predicted molar refractivity (Wildman–Crippen MR) is 142 cm³/mol. The summed E-state index contributed by atoms with van der Waals surface area (Å²) in [5.41, 5.74) is 3.17. The van der Waals surface area contributed by atoms with Crippen molar-refractivity contribution in [2.45, 2.75) is 51.4 Å². The Bertz CT molecular complexity index is 1240. The van der Waals surface area contributed by atoms with Crippen molar-refractivity contribution >= 4 is 34.5 Å². The number of likely N-dealkylation sites (tertiary alicyclic amines) is 1. The quantitative estimate of drug-likeness (QED) is 0.568. The lowest BCUT2D eigenvalue weighted by atomic mass is 9.84. The normalized spacial score (nSPS) is 20.4. The molecule has 3 aliphatic rings. The highest BCUT2D eigenvalue weighted by Crippen LogP contribution is 2.45. The molecule has 0 aliphatic carbocycles. The maximum atomic E-state index is 13.2. The highest BCUT2D eigenvalue weighted by atomic mass is 32.2. The molecule has 188 valence electrons. The Morgan fingerprint density at radius 1 is 1.11 bits per heavy atom. The Hall–Kier alpha value is -3.10. The Kier molecular flexibility index (Phi) is 6.43. The van der Waals surface area contributed by atoms with Gasteiger partial charge in [0.05, 0.1) is 23.7 Å². The zero-order valence-electron chi connectivity index (χ0n) is 20.9. The van der Waals surface area contributed by atoms with Crippen LogP contribution in [0.2, 0.25) is 0 Å². The number of amidine groups is 1. The monoisotopic (exact) mass is 505 g/mol. The molecule has 0 atom stereocenters. The van der Waals surface area contributed by atoms with Crippen LogP contribution in [-0.4, -0.2) is 57.2 Å². The van der Waals surface area contributed by atoms with Crippen LogP contribution in [-0.2, 0) is 21.7 Å². The number of fused-ring (bicyclic) bond motifs is 2. The molecule has 1 fully saturated rings. The number of hydrogen-bond donors (Lipinski definition) is 1. The van der Waals surface area contributed by atoms with Crippen molar-refractivity contribution in [1.82, 2.24) is 9.80 Å². The summed E-state index contributed by atoms with van der Waals surface area (Å²) < 4.78 is 6.29. The fourth-order valence-electron chi connectivity index (χ4n) is 5.16. The number of ether oxygens (including phenoxy) is 1. The average molecular weight is 506 g/mol. The van der Waals surface area contributed by atoms with Crippen molar-refractivity contribution in [3.8, 4) is 0 Å². The number of hydrogen-bond acceptors (Lipinski definition) is 5. The molecule has 0 aromatic heterocycles. The molecule has 8 heteroatoms. The molecule has 0 bridgehead atoms. The van der Waals surface area contributed by atoms with Crippen LogP contribution in [0.15, 0.2) is 64.5 Å². The van der Waals surface area contributed by atoms with Gasteiger partial charge in [-0.05, 0) is 67.6 Å². The summed E-state index contributed by atoms with van der Waals surface area (Å²) in [6.45, 7) is 7.79. The molecular formula is C28H31N3O4S. The molecule has 3 aliphatic heterocycles. The molecular weight excluding hydrogens is 474 g/mol. The van der Waals surface area contributed by atoms with E-state index < -0.39 is 11.6 Å². The third-order valence-electron chi connectivity index (χ3n) is 7.19. The van der Waals surface area contributed by atoms with Gasteiger partial charge in [-0.1, -0.05) is 54.6 Å². The van der Waals surface area contributed by atoms with Gasteiger partial charge in [-0.3, -0.25) is 9.69 Å². The summed E-state index contributed by atoms with van der Waals surface area (Å²) in [7, 11) is 0. The van der Waals surface area contributed by atoms with Crippen LogP contribution in [0.4, 0.5) is 4.79 Å². The van der Waals surface area contributed by atoms with E-state index >= 15 is 0 Å². The van der Waals surface area contributed by atoms with Gasteiger partial charge in [0.15, 0.2) is 5.17 Å². The van der Waals surface area contributed by atoms with Gasteiger partial charge in [-0.2, -0.15) is 4.99 Å². The number of carboxylic acid groups (broad SMARTS) is 1. The molecule has 2 amide bonds. The molecule has 1 N–H and O–H groups in total.